The maximum absolute atomic E-state index is 11.5. The van der Waals surface area contributed by atoms with Crippen LogP contribution >= 0.6 is 0 Å². The van der Waals surface area contributed by atoms with Crippen molar-refractivity contribution in [3.05, 3.63) is 18.4 Å². The summed E-state index contributed by atoms with van der Waals surface area (Å²) in [6, 6.07) is -1.12. The number of nitrogens with zero attached hydrogens (tertiary/aromatic N) is 1. The van der Waals surface area contributed by atoms with Crippen molar-refractivity contribution < 1.29 is 23.8 Å². The van der Waals surface area contributed by atoms with Crippen molar-refractivity contribution in [2.75, 3.05) is 0 Å². The Morgan fingerprint density at radius 1 is 1.56 bits per heavy atom. The molecule has 1 aromatic rings. The van der Waals surface area contributed by atoms with Crippen LogP contribution < -0.4 is 5.32 Å². The van der Waals surface area contributed by atoms with Gasteiger partial charge in [-0.25, -0.2) is 14.6 Å². The lowest BCUT2D eigenvalue weighted by Crippen LogP contribution is -2.44. The molecule has 2 N–H and O–H groups in total. The second-order valence-corrected chi connectivity index (χ2v) is 4.71. The monoisotopic (exact) mass is 256 g/mol. The molecule has 0 aromatic carbocycles. The molecule has 1 unspecified atom stereocenters. The van der Waals surface area contributed by atoms with E-state index >= 15 is 0 Å². The van der Waals surface area contributed by atoms with E-state index in [4.69, 9.17) is 14.3 Å². The van der Waals surface area contributed by atoms with Gasteiger partial charge in [0.1, 0.15) is 17.4 Å². The van der Waals surface area contributed by atoms with E-state index in [-0.39, 0.29) is 6.42 Å². The predicted molar refractivity (Wildman–Crippen MR) is 61.0 cm³/mol. The molecule has 0 aliphatic rings. The topological polar surface area (TPSA) is 102 Å². The number of ether oxygens (including phenoxy) is 1. The van der Waals surface area contributed by atoms with E-state index < -0.39 is 23.7 Å². The molecular weight excluding hydrogens is 240 g/mol. The van der Waals surface area contributed by atoms with Gasteiger partial charge in [0.15, 0.2) is 6.39 Å². The van der Waals surface area contributed by atoms with Crippen molar-refractivity contribution in [3.8, 4) is 0 Å². The zero-order valence-corrected chi connectivity index (χ0v) is 10.5. The minimum atomic E-state index is -1.17. The van der Waals surface area contributed by atoms with Crippen molar-refractivity contribution in [2.24, 2.45) is 0 Å². The van der Waals surface area contributed by atoms with Crippen LogP contribution in [0.3, 0.4) is 0 Å². The van der Waals surface area contributed by atoms with E-state index in [1.54, 1.807) is 20.8 Å². The Kier molecular flexibility index (Phi) is 4.30. The maximum atomic E-state index is 11.5. The molecule has 7 heteroatoms. The Morgan fingerprint density at radius 3 is 2.67 bits per heavy atom. The number of hydrogen-bond acceptors (Lipinski definition) is 5. The SMILES string of the molecule is CC(C)(C)OC(=O)NC(Cc1cnco1)C(=O)O. The average Bonchev–Trinajstić information content (AvgIpc) is 2.66. The van der Waals surface area contributed by atoms with Gasteiger partial charge in [0, 0.05) is 6.42 Å². The summed E-state index contributed by atoms with van der Waals surface area (Å²) in [4.78, 5) is 26.1. The summed E-state index contributed by atoms with van der Waals surface area (Å²) in [6.07, 6.45) is 1.82. The van der Waals surface area contributed by atoms with E-state index in [0.717, 1.165) is 0 Å². The Hall–Kier alpha value is -2.05. The number of alkyl carbamates (subject to hydrolysis) is 1. The van der Waals surface area contributed by atoms with Crippen LogP contribution in [-0.2, 0) is 16.0 Å². The number of oxazole rings is 1. The summed E-state index contributed by atoms with van der Waals surface area (Å²) in [7, 11) is 0. The van der Waals surface area contributed by atoms with Crippen molar-refractivity contribution in [1.82, 2.24) is 10.3 Å². The number of carboxylic acids is 1. The molecule has 100 valence electrons. The first-order chi connectivity index (χ1) is 8.28. The Balaban J connectivity index is 2.58. The first-order valence-electron chi connectivity index (χ1n) is 5.37. The van der Waals surface area contributed by atoms with E-state index in [9.17, 15) is 9.59 Å². The van der Waals surface area contributed by atoms with Gasteiger partial charge in [0.2, 0.25) is 0 Å². The first-order valence-corrected chi connectivity index (χ1v) is 5.37. The molecule has 1 amide bonds. The van der Waals surface area contributed by atoms with Crippen LogP contribution in [0.4, 0.5) is 4.79 Å². The second-order valence-electron chi connectivity index (χ2n) is 4.71. The summed E-state index contributed by atoms with van der Waals surface area (Å²) in [6.45, 7) is 5.08. The molecule has 7 nitrogen and oxygen atoms in total. The Labute approximate surface area is 104 Å². The zero-order valence-electron chi connectivity index (χ0n) is 10.5. The molecule has 0 spiro atoms. The summed E-state index contributed by atoms with van der Waals surface area (Å²) in [5.74, 6) is -0.796. The molecule has 1 atom stereocenters. The highest BCUT2D eigenvalue weighted by atomic mass is 16.6. The van der Waals surface area contributed by atoms with Gasteiger partial charge < -0.3 is 19.6 Å². The molecular formula is C11H16N2O5. The Bertz CT molecular complexity index is 408. The highest BCUT2D eigenvalue weighted by Gasteiger charge is 2.25. The fourth-order valence-electron chi connectivity index (χ4n) is 1.19. The van der Waals surface area contributed by atoms with E-state index in [0.29, 0.717) is 5.76 Å². The molecule has 0 saturated heterocycles. The van der Waals surface area contributed by atoms with Crippen LogP contribution in [-0.4, -0.2) is 33.8 Å². The summed E-state index contributed by atoms with van der Waals surface area (Å²) in [5.41, 5.74) is -0.681. The molecule has 1 rings (SSSR count). The van der Waals surface area contributed by atoms with Gasteiger partial charge in [-0.3, -0.25) is 0 Å². The molecule has 0 aliphatic heterocycles. The van der Waals surface area contributed by atoms with Crippen LogP contribution in [0.15, 0.2) is 17.0 Å². The van der Waals surface area contributed by atoms with Crippen LogP contribution in [0, 0.1) is 0 Å². The van der Waals surface area contributed by atoms with Gasteiger partial charge in [-0.05, 0) is 20.8 Å². The molecule has 0 saturated carbocycles. The minimum absolute atomic E-state index is 0.00851. The lowest BCUT2D eigenvalue weighted by molar-refractivity contribution is -0.139. The predicted octanol–water partition coefficient (Wildman–Crippen LogP) is 1.20. The van der Waals surface area contributed by atoms with Crippen molar-refractivity contribution in [1.29, 1.82) is 0 Å². The number of amides is 1. The van der Waals surface area contributed by atoms with Crippen LogP contribution in [0.25, 0.3) is 0 Å². The highest BCUT2D eigenvalue weighted by molar-refractivity contribution is 5.80. The summed E-state index contributed by atoms with van der Waals surface area (Å²) >= 11 is 0. The van der Waals surface area contributed by atoms with Crippen molar-refractivity contribution >= 4 is 12.1 Å². The molecule has 1 aromatic heterocycles. The normalized spacial score (nSPS) is 12.8. The molecule has 1 heterocycles. The van der Waals surface area contributed by atoms with E-state index in [2.05, 4.69) is 10.3 Å². The third-order valence-corrected chi connectivity index (χ3v) is 1.88. The van der Waals surface area contributed by atoms with Gasteiger partial charge in [-0.15, -0.1) is 0 Å². The number of nitrogens with one attached hydrogen (secondary N) is 1. The maximum Gasteiger partial charge on any atom is 0.408 e. The number of carboxylic acid groups (broad SMARTS) is 1. The molecule has 18 heavy (non-hydrogen) atoms. The van der Waals surface area contributed by atoms with Gasteiger partial charge in [0.05, 0.1) is 6.20 Å². The van der Waals surface area contributed by atoms with Crippen LogP contribution in [0.5, 0.6) is 0 Å². The summed E-state index contributed by atoms with van der Waals surface area (Å²) in [5, 5.41) is 11.2. The van der Waals surface area contributed by atoms with Crippen molar-refractivity contribution in [3.63, 3.8) is 0 Å². The largest absolute Gasteiger partial charge is 0.480 e. The molecule has 0 aliphatic carbocycles. The standard InChI is InChI=1S/C11H16N2O5/c1-11(2,3)18-10(16)13-8(9(14)15)4-7-5-12-6-17-7/h5-6,8H,4H2,1-3H3,(H,13,16)(H,14,15). The molecule has 0 fully saturated rings. The van der Waals surface area contributed by atoms with Crippen LogP contribution in [0.1, 0.15) is 26.5 Å². The lowest BCUT2D eigenvalue weighted by Gasteiger charge is -2.21. The third-order valence-electron chi connectivity index (χ3n) is 1.88. The van der Waals surface area contributed by atoms with Crippen LogP contribution in [0.2, 0.25) is 0 Å². The highest BCUT2D eigenvalue weighted by Crippen LogP contribution is 2.08. The number of rotatable bonds is 4. The fraction of sp³-hybridized carbons (Fsp3) is 0.545. The minimum Gasteiger partial charge on any atom is -0.480 e. The number of hydrogen-bond donors (Lipinski definition) is 2. The van der Waals surface area contributed by atoms with E-state index in [1.807, 2.05) is 0 Å². The lowest BCUT2D eigenvalue weighted by atomic mass is 10.2. The first kappa shape index (κ1) is 14.0. The number of aliphatic carboxylic acids is 1. The quantitative estimate of drug-likeness (QED) is 0.839. The fourth-order valence-corrected chi connectivity index (χ4v) is 1.19. The van der Waals surface area contributed by atoms with Gasteiger partial charge >= 0.3 is 12.1 Å². The van der Waals surface area contributed by atoms with Gasteiger partial charge in [-0.1, -0.05) is 0 Å². The molecule has 0 bridgehead atoms. The van der Waals surface area contributed by atoms with Gasteiger partial charge in [-0.2, -0.15) is 0 Å². The second kappa shape index (κ2) is 5.52. The number of carbonyl (C=O) groups excluding carboxylic acids is 1. The third kappa shape index (κ3) is 4.86. The van der Waals surface area contributed by atoms with E-state index in [1.165, 1.54) is 12.6 Å². The average molecular weight is 256 g/mol. The smallest absolute Gasteiger partial charge is 0.408 e. The zero-order chi connectivity index (χ0) is 13.8. The number of carbonyl (C=O) groups is 2. The van der Waals surface area contributed by atoms with Crippen molar-refractivity contribution in [2.45, 2.75) is 38.8 Å². The van der Waals surface area contributed by atoms with Gasteiger partial charge in [0.25, 0.3) is 0 Å². The molecule has 0 radical (unpaired) electrons. The number of aromatic nitrogens is 1. The Morgan fingerprint density at radius 2 is 2.22 bits per heavy atom. The summed E-state index contributed by atoms with van der Waals surface area (Å²) < 4.78 is 9.91.